The van der Waals surface area contributed by atoms with Crippen LogP contribution >= 0.6 is 0 Å². The van der Waals surface area contributed by atoms with E-state index in [9.17, 15) is 0 Å². The monoisotopic (exact) mass is 278 g/mol. The van der Waals surface area contributed by atoms with Gasteiger partial charge in [0.05, 0.1) is 0 Å². The first kappa shape index (κ1) is 21.8. The Bertz CT molecular complexity index is 152. The van der Waals surface area contributed by atoms with Crippen LogP contribution in [0.3, 0.4) is 0 Å². The molecule has 0 atom stereocenters. The average molecular weight is 278 g/mol. The number of hydrogen-bond donors (Lipinski definition) is 0. The van der Waals surface area contributed by atoms with Gasteiger partial charge in [-0.05, 0) is 0 Å². The Hall–Kier alpha value is 1.53. The second kappa shape index (κ2) is 10.3. The van der Waals surface area contributed by atoms with Crippen LogP contribution in [0.1, 0.15) is 55.4 Å². The summed E-state index contributed by atoms with van der Waals surface area (Å²) in [6.07, 6.45) is 0. The molecule has 0 saturated carbocycles. The summed E-state index contributed by atoms with van der Waals surface area (Å²) in [6.45, 7) is 19.4. The molecule has 18 heavy (non-hydrogen) atoms. The Balaban J connectivity index is 0. The molecular weight excluding hydrogens is 242 g/mol. The first-order chi connectivity index (χ1) is 7.67. The van der Waals surface area contributed by atoms with Crippen LogP contribution in [0.2, 0.25) is 21.1 Å². The van der Waals surface area contributed by atoms with E-state index in [-0.39, 0.29) is 29.6 Å². The van der Waals surface area contributed by atoms with E-state index in [4.69, 9.17) is 0 Å². The molecule has 0 amide bonds. The Morgan fingerprint density at radius 1 is 0.500 bits per heavy atom. The summed E-state index contributed by atoms with van der Waals surface area (Å²) in [5.41, 5.74) is 0. The van der Waals surface area contributed by atoms with Gasteiger partial charge >= 0.3 is 29.6 Å². The van der Waals surface area contributed by atoms with Gasteiger partial charge in [0.15, 0.2) is 0 Å². The molecule has 0 saturated heterocycles. The van der Waals surface area contributed by atoms with Gasteiger partial charge in [-0.1, -0.05) is 79.1 Å². The predicted octanol–water partition coefficient (Wildman–Crippen LogP) is 3.06. The summed E-state index contributed by atoms with van der Waals surface area (Å²) in [4.78, 5) is 0. The van der Waals surface area contributed by atoms with Gasteiger partial charge in [0, 0.05) is 0 Å². The fourth-order valence-corrected chi connectivity index (χ4v) is 13.7. The van der Waals surface area contributed by atoms with E-state index in [1.807, 2.05) is 0 Å². The van der Waals surface area contributed by atoms with E-state index < -0.39 is 13.1 Å². The zero-order valence-corrected chi connectivity index (χ0v) is 17.9. The van der Waals surface area contributed by atoms with Gasteiger partial charge in [0.25, 0.3) is 0 Å². The van der Waals surface area contributed by atoms with E-state index in [1.54, 1.807) is 21.1 Å². The molecule has 0 rings (SSSR count). The molecule has 104 valence electrons. The van der Waals surface area contributed by atoms with Crippen LogP contribution in [-0.4, -0.2) is 13.1 Å². The zero-order valence-electron chi connectivity index (χ0n) is 14.7. The summed E-state index contributed by atoms with van der Waals surface area (Å²) in [5.74, 6) is 3.60. The molecule has 0 aromatic carbocycles. The number of hydrogen-bond acceptors (Lipinski definition) is 0. The van der Waals surface area contributed by atoms with Gasteiger partial charge in [-0.2, -0.15) is 21.1 Å². The third-order valence-corrected chi connectivity index (χ3v) is 11.7. The molecule has 0 aromatic heterocycles. The average Bonchev–Trinajstić information content (AvgIpc) is 1.95. The molecule has 0 radical (unpaired) electrons. The molecule has 0 N–H and O–H groups in total. The first-order valence-electron chi connectivity index (χ1n) is 7.88. The van der Waals surface area contributed by atoms with Crippen molar-refractivity contribution in [2.24, 2.45) is 23.7 Å². The summed E-state index contributed by atoms with van der Waals surface area (Å²) in [7, 11) is 0. The second-order valence-electron chi connectivity index (χ2n) is 8.25. The van der Waals surface area contributed by atoms with Gasteiger partial charge in [0.1, 0.15) is 13.1 Å². The maximum absolute atomic E-state index is 2.43. The summed E-state index contributed by atoms with van der Waals surface area (Å²) < 4.78 is 0. The van der Waals surface area contributed by atoms with Crippen molar-refractivity contribution in [1.29, 1.82) is 0 Å². The van der Waals surface area contributed by atoms with Crippen LogP contribution in [0.15, 0.2) is 0 Å². The SMILES string of the molecule is CC(C)[CH2][Al-]([CH2]C(C)C)([CH2]C(C)C)[CH2]C(C)C.[Na+]. The Labute approximate surface area is 142 Å². The molecular formula is C16H36AlNa. The molecule has 0 aliphatic carbocycles. The third-order valence-electron chi connectivity index (χ3n) is 3.89. The van der Waals surface area contributed by atoms with Crippen molar-refractivity contribution in [3.05, 3.63) is 0 Å². The molecule has 0 nitrogen and oxygen atoms in total. The Kier molecular flexibility index (Phi) is 12.5. The van der Waals surface area contributed by atoms with Crippen molar-refractivity contribution in [3.63, 3.8) is 0 Å². The van der Waals surface area contributed by atoms with Gasteiger partial charge in [-0.3, -0.25) is 0 Å². The second-order valence-corrected chi connectivity index (χ2v) is 13.6. The fourth-order valence-electron chi connectivity index (χ4n) is 4.58. The molecule has 2 heteroatoms. The first-order valence-corrected chi connectivity index (χ1v) is 11.2. The van der Waals surface area contributed by atoms with E-state index >= 15 is 0 Å². The summed E-state index contributed by atoms with van der Waals surface area (Å²) >= 11 is -1.38. The molecule has 0 spiro atoms. The third kappa shape index (κ3) is 10.3. The van der Waals surface area contributed by atoms with E-state index in [0.29, 0.717) is 0 Å². The van der Waals surface area contributed by atoms with E-state index in [1.165, 1.54) is 0 Å². The molecule has 0 fully saturated rings. The largest absolute Gasteiger partial charge is 1.00 e. The van der Waals surface area contributed by atoms with Crippen molar-refractivity contribution >= 4 is 13.1 Å². The van der Waals surface area contributed by atoms with Crippen LogP contribution in [0.25, 0.3) is 0 Å². The minimum Gasteiger partial charge on any atom is -0.189 e. The topological polar surface area (TPSA) is 0 Å². The molecule has 0 heterocycles. The van der Waals surface area contributed by atoms with Crippen molar-refractivity contribution in [2.75, 3.05) is 0 Å². The quantitative estimate of drug-likeness (QED) is 0.599. The van der Waals surface area contributed by atoms with E-state index in [2.05, 4.69) is 55.4 Å². The smallest absolute Gasteiger partial charge is 0.189 e. The van der Waals surface area contributed by atoms with Crippen molar-refractivity contribution in [1.82, 2.24) is 0 Å². The summed E-state index contributed by atoms with van der Waals surface area (Å²) in [6, 6.07) is 0. The van der Waals surface area contributed by atoms with Gasteiger partial charge < -0.3 is 0 Å². The van der Waals surface area contributed by atoms with Crippen molar-refractivity contribution in [3.8, 4) is 0 Å². The fraction of sp³-hybridized carbons (Fsp3) is 1.00. The molecule has 0 aliphatic heterocycles. The number of rotatable bonds is 8. The van der Waals surface area contributed by atoms with Crippen LogP contribution in [0.5, 0.6) is 0 Å². The van der Waals surface area contributed by atoms with Gasteiger partial charge in [0.2, 0.25) is 0 Å². The maximum atomic E-state index is 2.43. The molecule has 0 aromatic rings. The van der Waals surface area contributed by atoms with E-state index in [0.717, 1.165) is 23.7 Å². The van der Waals surface area contributed by atoms with Crippen LogP contribution < -0.4 is 29.6 Å². The zero-order chi connectivity index (χ0) is 13.6. The molecule has 0 unspecified atom stereocenters. The molecule has 0 aliphatic rings. The van der Waals surface area contributed by atoms with Crippen LogP contribution in [0, 0.1) is 23.7 Å². The minimum atomic E-state index is -1.38. The Morgan fingerprint density at radius 2 is 0.667 bits per heavy atom. The van der Waals surface area contributed by atoms with Gasteiger partial charge in [-0.25, -0.2) is 0 Å². The summed E-state index contributed by atoms with van der Waals surface area (Å²) in [5, 5.41) is 6.28. The van der Waals surface area contributed by atoms with Gasteiger partial charge in [-0.15, -0.1) is 0 Å². The minimum absolute atomic E-state index is 0. The van der Waals surface area contributed by atoms with Crippen LogP contribution in [0.4, 0.5) is 0 Å². The maximum Gasteiger partial charge on any atom is 1.00 e. The Morgan fingerprint density at radius 3 is 0.778 bits per heavy atom. The standard InChI is InChI=1S/4C4H9.Al.Na/c4*1-4(2)3;;/h4*4H,1H2,2-3H3;;/q;;;;-1;+1. The van der Waals surface area contributed by atoms with Crippen molar-refractivity contribution < 1.29 is 29.6 Å². The van der Waals surface area contributed by atoms with Crippen molar-refractivity contribution in [2.45, 2.75) is 76.5 Å². The predicted molar refractivity (Wildman–Crippen MR) is 84.3 cm³/mol. The normalized spacial score (nSPS) is 12.7. The molecule has 0 bridgehead atoms. The van der Waals surface area contributed by atoms with Crippen LogP contribution in [-0.2, 0) is 0 Å².